The highest BCUT2D eigenvalue weighted by molar-refractivity contribution is 7.90. The molecule has 0 fully saturated rings. The minimum absolute atomic E-state index is 0.0325. The first-order valence-corrected chi connectivity index (χ1v) is 13.0. The number of hydrogen-bond donors (Lipinski definition) is 1. The predicted octanol–water partition coefficient (Wildman–Crippen LogP) is 4.23. The molecule has 3 aromatic rings. The molecule has 0 bridgehead atoms. The van der Waals surface area contributed by atoms with Crippen molar-refractivity contribution in [1.82, 2.24) is 9.97 Å². The van der Waals surface area contributed by atoms with Crippen molar-refractivity contribution in [3.05, 3.63) is 89.9 Å². The van der Waals surface area contributed by atoms with Gasteiger partial charge in [-0.05, 0) is 43.2 Å². The van der Waals surface area contributed by atoms with Crippen LogP contribution in [0.4, 0.5) is 11.5 Å². The molecule has 0 saturated carbocycles. The Morgan fingerprint density at radius 3 is 2.74 bits per heavy atom. The van der Waals surface area contributed by atoms with E-state index in [1.54, 1.807) is 6.20 Å². The SMILES string of the molecule is C=CC(=O)Cc1cccc(Nc2nc(Cc3ccccc3OCCCS(C)(=O)=O)ncc2C)c1. The highest BCUT2D eigenvalue weighted by Gasteiger charge is 2.10. The average molecular weight is 480 g/mol. The third-order valence-corrected chi connectivity index (χ3v) is 6.09. The lowest BCUT2D eigenvalue weighted by Gasteiger charge is -2.13. The first kappa shape index (κ1) is 25.1. The number of para-hydroxylation sites is 1. The summed E-state index contributed by atoms with van der Waals surface area (Å²) in [6, 6.07) is 15.2. The number of carbonyl (C=O) groups is 1. The second-order valence-corrected chi connectivity index (χ2v) is 10.4. The summed E-state index contributed by atoms with van der Waals surface area (Å²) in [5.41, 5.74) is 3.53. The van der Waals surface area contributed by atoms with E-state index in [-0.39, 0.29) is 11.5 Å². The Morgan fingerprint density at radius 1 is 1.18 bits per heavy atom. The number of benzene rings is 2. The molecule has 0 unspecified atom stereocenters. The molecule has 0 atom stereocenters. The number of sulfone groups is 1. The summed E-state index contributed by atoms with van der Waals surface area (Å²) in [5.74, 6) is 2.06. The van der Waals surface area contributed by atoms with Gasteiger partial charge in [0, 0.05) is 42.1 Å². The maximum Gasteiger partial charge on any atom is 0.159 e. The van der Waals surface area contributed by atoms with E-state index in [0.29, 0.717) is 43.3 Å². The van der Waals surface area contributed by atoms with E-state index < -0.39 is 9.84 Å². The molecule has 7 nitrogen and oxygen atoms in total. The topological polar surface area (TPSA) is 98.2 Å². The van der Waals surface area contributed by atoms with Gasteiger partial charge in [0.2, 0.25) is 0 Å². The summed E-state index contributed by atoms with van der Waals surface area (Å²) in [7, 11) is -3.01. The smallest absolute Gasteiger partial charge is 0.159 e. The molecule has 0 aliphatic rings. The van der Waals surface area contributed by atoms with E-state index in [4.69, 9.17) is 9.72 Å². The highest BCUT2D eigenvalue weighted by Crippen LogP contribution is 2.23. The van der Waals surface area contributed by atoms with Crippen LogP contribution in [0, 0.1) is 6.92 Å². The van der Waals surface area contributed by atoms with Gasteiger partial charge in [-0.2, -0.15) is 0 Å². The van der Waals surface area contributed by atoms with Crippen LogP contribution in [0.15, 0.2) is 67.4 Å². The van der Waals surface area contributed by atoms with Crippen LogP contribution in [0.3, 0.4) is 0 Å². The van der Waals surface area contributed by atoms with Crippen molar-refractivity contribution in [2.45, 2.75) is 26.2 Å². The second-order valence-electron chi connectivity index (χ2n) is 8.11. The Labute approximate surface area is 200 Å². The standard InChI is InChI=1S/C26H29N3O4S/c1-4-23(30)16-20-9-7-11-22(15-20)28-26-19(2)18-27-25(29-26)17-21-10-5-6-12-24(21)33-13-8-14-34(3,31)32/h4-7,9-12,15,18H,1,8,13-14,16-17H2,2-3H3,(H,27,28,29). The highest BCUT2D eigenvalue weighted by atomic mass is 32.2. The third-order valence-electron chi connectivity index (χ3n) is 5.06. The lowest BCUT2D eigenvalue weighted by Crippen LogP contribution is -2.09. The molecule has 1 N–H and O–H groups in total. The Kier molecular flexibility index (Phi) is 8.54. The number of aryl methyl sites for hydroxylation is 1. The summed E-state index contributed by atoms with van der Waals surface area (Å²) < 4.78 is 28.5. The van der Waals surface area contributed by atoms with Crippen molar-refractivity contribution < 1.29 is 17.9 Å². The van der Waals surface area contributed by atoms with Gasteiger partial charge in [-0.3, -0.25) is 4.79 Å². The van der Waals surface area contributed by atoms with Gasteiger partial charge < -0.3 is 10.1 Å². The summed E-state index contributed by atoms with van der Waals surface area (Å²) >= 11 is 0. The van der Waals surface area contributed by atoms with Crippen LogP contribution in [-0.4, -0.2) is 42.8 Å². The molecule has 1 heterocycles. The molecular formula is C26H29N3O4S. The molecular weight excluding hydrogens is 450 g/mol. The number of rotatable bonds is 12. The number of carbonyl (C=O) groups excluding carboxylic acids is 1. The van der Waals surface area contributed by atoms with Crippen molar-refractivity contribution >= 4 is 27.1 Å². The summed E-state index contributed by atoms with van der Waals surface area (Å²) in [5, 5.41) is 3.32. The normalized spacial score (nSPS) is 11.1. The fourth-order valence-corrected chi connectivity index (χ4v) is 3.97. The number of nitrogens with zero attached hydrogens (tertiary/aromatic N) is 2. The zero-order chi connectivity index (χ0) is 24.6. The summed E-state index contributed by atoms with van der Waals surface area (Å²) in [6.45, 7) is 5.77. The number of anilines is 2. The molecule has 34 heavy (non-hydrogen) atoms. The molecule has 0 saturated heterocycles. The van der Waals surface area contributed by atoms with Gasteiger partial charge in [0.1, 0.15) is 27.2 Å². The Bertz CT molecular complexity index is 1270. The fourth-order valence-electron chi connectivity index (χ4n) is 3.32. The zero-order valence-corrected chi connectivity index (χ0v) is 20.3. The maximum absolute atomic E-state index is 11.7. The van der Waals surface area contributed by atoms with Crippen LogP contribution >= 0.6 is 0 Å². The summed E-state index contributed by atoms with van der Waals surface area (Å²) in [6.07, 6.45) is 5.51. The van der Waals surface area contributed by atoms with Gasteiger partial charge in [0.25, 0.3) is 0 Å². The molecule has 0 aliphatic heterocycles. The van der Waals surface area contributed by atoms with Crippen LogP contribution in [0.2, 0.25) is 0 Å². The van der Waals surface area contributed by atoms with Gasteiger partial charge in [0.05, 0.1) is 12.4 Å². The number of nitrogens with one attached hydrogen (secondary N) is 1. The van der Waals surface area contributed by atoms with Crippen molar-refractivity contribution in [1.29, 1.82) is 0 Å². The van der Waals surface area contributed by atoms with E-state index in [2.05, 4.69) is 16.9 Å². The van der Waals surface area contributed by atoms with Crippen LogP contribution in [-0.2, 0) is 27.5 Å². The predicted molar refractivity (Wildman–Crippen MR) is 134 cm³/mol. The van der Waals surface area contributed by atoms with Crippen LogP contribution in [0.5, 0.6) is 5.75 Å². The van der Waals surface area contributed by atoms with Gasteiger partial charge in [-0.1, -0.05) is 36.9 Å². The Hall–Kier alpha value is -3.52. The summed E-state index contributed by atoms with van der Waals surface area (Å²) in [4.78, 5) is 20.9. The molecule has 0 spiro atoms. The fraction of sp³-hybridized carbons (Fsp3) is 0.269. The lowest BCUT2D eigenvalue weighted by molar-refractivity contribution is -0.114. The van der Waals surface area contributed by atoms with Gasteiger partial charge in [0.15, 0.2) is 5.78 Å². The average Bonchev–Trinajstić information content (AvgIpc) is 2.79. The molecule has 8 heteroatoms. The minimum atomic E-state index is -3.01. The van der Waals surface area contributed by atoms with Gasteiger partial charge in [-0.15, -0.1) is 0 Å². The van der Waals surface area contributed by atoms with Crippen LogP contribution < -0.4 is 10.1 Å². The molecule has 0 amide bonds. The van der Waals surface area contributed by atoms with Crippen LogP contribution in [0.1, 0.15) is 28.9 Å². The maximum atomic E-state index is 11.7. The van der Waals surface area contributed by atoms with Crippen molar-refractivity contribution in [3.8, 4) is 5.75 Å². The quantitative estimate of drug-likeness (QED) is 0.307. The van der Waals surface area contributed by atoms with Crippen molar-refractivity contribution in [3.63, 3.8) is 0 Å². The van der Waals surface area contributed by atoms with Crippen molar-refractivity contribution in [2.75, 3.05) is 23.9 Å². The Balaban J connectivity index is 1.72. The molecule has 178 valence electrons. The number of allylic oxidation sites excluding steroid dienone is 1. The number of ether oxygens (including phenoxy) is 1. The number of hydrogen-bond acceptors (Lipinski definition) is 7. The molecule has 0 radical (unpaired) electrons. The van der Waals surface area contributed by atoms with E-state index in [9.17, 15) is 13.2 Å². The first-order chi connectivity index (χ1) is 16.2. The molecule has 0 aliphatic carbocycles. The van der Waals surface area contributed by atoms with E-state index in [1.807, 2.05) is 55.5 Å². The molecule has 1 aromatic heterocycles. The monoisotopic (exact) mass is 479 g/mol. The zero-order valence-electron chi connectivity index (χ0n) is 19.5. The number of aromatic nitrogens is 2. The van der Waals surface area contributed by atoms with E-state index >= 15 is 0 Å². The van der Waals surface area contributed by atoms with Gasteiger partial charge in [-0.25, -0.2) is 18.4 Å². The largest absolute Gasteiger partial charge is 0.493 e. The Morgan fingerprint density at radius 2 is 1.97 bits per heavy atom. The first-order valence-electron chi connectivity index (χ1n) is 11.0. The van der Waals surface area contributed by atoms with Crippen LogP contribution in [0.25, 0.3) is 0 Å². The molecule has 3 rings (SSSR count). The molecule has 2 aromatic carbocycles. The van der Waals surface area contributed by atoms with Crippen molar-refractivity contribution in [2.24, 2.45) is 0 Å². The third kappa shape index (κ3) is 7.81. The minimum Gasteiger partial charge on any atom is -0.493 e. The number of ketones is 1. The van der Waals surface area contributed by atoms with E-state index in [1.165, 1.54) is 12.3 Å². The van der Waals surface area contributed by atoms with Gasteiger partial charge >= 0.3 is 0 Å². The van der Waals surface area contributed by atoms with E-state index in [0.717, 1.165) is 22.4 Å². The second kappa shape index (κ2) is 11.6. The lowest BCUT2D eigenvalue weighted by atomic mass is 10.1.